The van der Waals surface area contributed by atoms with Crippen LogP contribution in [0.2, 0.25) is 5.02 Å². The molecule has 0 atom stereocenters. The summed E-state index contributed by atoms with van der Waals surface area (Å²) in [6.07, 6.45) is 2.84. The second-order valence-corrected chi connectivity index (χ2v) is 6.78. The van der Waals surface area contributed by atoms with E-state index in [4.69, 9.17) is 20.8 Å². The summed E-state index contributed by atoms with van der Waals surface area (Å²) >= 11 is 6.12. The van der Waals surface area contributed by atoms with Crippen LogP contribution in [-0.4, -0.2) is 23.2 Å². The number of amides is 1. The van der Waals surface area contributed by atoms with Gasteiger partial charge in [0.2, 0.25) is 0 Å². The molecule has 1 N–H and O–H groups in total. The van der Waals surface area contributed by atoms with Crippen molar-refractivity contribution in [2.24, 2.45) is 0 Å². The number of nitrogens with one attached hydrogen (secondary N) is 1. The standard InChI is InChI=1S/C21H13ClN2O6/c22-16-10-13(24(27)28)2-5-15(16)19-8-4-14(30-19)3-6-18(25)12-1-7-20-17(9-12)23-21(26)11-29-20/h1-10H,11H2,(H,23,26)/b6-3+. The Morgan fingerprint density at radius 3 is 2.77 bits per heavy atom. The van der Waals surface area contributed by atoms with Gasteiger partial charge in [-0.25, -0.2) is 0 Å². The van der Waals surface area contributed by atoms with Crippen LogP contribution in [0.25, 0.3) is 17.4 Å². The van der Waals surface area contributed by atoms with E-state index >= 15 is 0 Å². The molecule has 0 saturated carbocycles. The first-order chi connectivity index (χ1) is 14.4. The Morgan fingerprint density at radius 2 is 2.00 bits per heavy atom. The Bertz CT molecular complexity index is 1210. The van der Waals surface area contributed by atoms with Crippen LogP contribution < -0.4 is 10.1 Å². The van der Waals surface area contributed by atoms with Gasteiger partial charge in [-0.05, 0) is 48.6 Å². The Morgan fingerprint density at radius 1 is 1.17 bits per heavy atom. The van der Waals surface area contributed by atoms with Gasteiger partial charge in [0, 0.05) is 23.3 Å². The maximum Gasteiger partial charge on any atom is 0.270 e. The number of anilines is 1. The summed E-state index contributed by atoms with van der Waals surface area (Å²) < 4.78 is 10.9. The van der Waals surface area contributed by atoms with Crippen molar-refractivity contribution in [2.45, 2.75) is 0 Å². The maximum absolute atomic E-state index is 12.5. The molecule has 1 amide bonds. The van der Waals surface area contributed by atoms with Crippen LogP contribution >= 0.6 is 11.6 Å². The lowest BCUT2D eigenvalue weighted by Crippen LogP contribution is -2.25. The number of carbonyl (C=O) groups is 2. The Hall–Kier alpha value is -3.91. The van der Waals surface area contributed by atoms with E-state index in [0.717, 1.165) is 0 Å². The van der Waals surface area contributed by atoms with E-state index in [-0.39, 0.29) is 29.0 Å². The number of non-ortho nitro benzene ring substituents is 1. The number of nitrogens with zero attached hydrogens (tertiary/aromatic N) is 1. The molecule has 0 unspecified atom stereocenters. The highest BCUT2D eigenvalue weighted by atomic mass is 35.5. The first kappa shape index (κ1) is 19.4. The molecule has 1 aliphatic rings. The fourth-order valence-corrected chi connectivity index (χ4v) is 3.16. The summed E-state index contributed by atoms with van der Waals surface area (Å²) in [5.74, 6) is 0.753. The van der Waals surface area contributed by atoms with Crippen molar-refractivity contribution in [1.29, 1.82) is 0 Å². The highest BCUT2D eigenvalue weighted by Crippen LogP contribution is 2.33. The molecule has 0 bridgehead atoms. The van der Waals surface area contributed by atoms with Gasteiger partial charge in [-0.3, -0.25) is 19.7 Å². The number of furan rings is 1. The molecule has 2 aromatic carbocycles. The average molecular weight is 425 g/mol. The summed E-state index contributed by atoms with van der Waals surface area (Å²) in [6, 6.07) is 12.2. The van der Waals surface area contributed by atoms with Crippen LogP contribution in [-0.2, 0) is 4.79 Å². The molecular weight excluding hydrogens is 412 g/mol. The number of hydrogen-bond donors (Lipinski definition) is 1. The van der Waals surface area contributed by atoms with E-state index in [1.165, 1.54) is 30.4 Å². The molecule has 0 aliphatic carbocycles. The van der Waals surface area contributed by atoms with Gasteiger partial charge in [0.15, 0.2) is 12.4 Å². The fraction of sp³-hybridized carbons (Fsp3) is 0.0476. The number of ether oxygens (including phenoxy) is 1. The van der Waals surface area contributed by atoms with Crippen molar-refractivity contribution in [3.05, 3.63) is 81.1 Å². The molecule has 3 aromatic rings. The van der Waals surface area contributed by atoms with Crippen molar-refractivity contribution >= 4 is 40.7 Å². The van der Waals surface area contributed by atoms with Crippen LogP contribution in [0.4, 0.5) is 11.4 Å². The van der Waals surface area contributed by atoms with Gasteiger partial charge in [0.05, 0.1) is 15.6 Å². The zero-order valence-electron chi connectivity index (χ0n) is 15.3. The van der Waals surface area contributed by atoms with Crippen LogP contribution in [0, 0.1) is 10.1 Å². The predicted molar refractivity (Wildman–Crippen MR) is 110 cm³/mol. The minimum absolute atomic E-state index is 0.0558. The summed E-state index contributed by atoms with van der Waals surface area (Å²) in [4.78, 5) is 34.2. The van der Waals surface area contributed by atoms with Crippen molar-refractivity contribution < 1.29 is 23.7 Å². The van der Waals surface area contributed by atoms with E-state index in [0.29, 0.717) is 34.1 Å². The van der Waals surface area contributed by atoms with Crippen molar-refractivity contribution in [3.8, 4) is 17.1 Å². The normalized spacial score (nSPS) is 12.9. The van der Waals surface area contributed by atoms with E-state index in [1.54, 1.807) is 30.3 Å². The Kier molecular flexibility index (Phi) is 5.07. The quantitative estimate of drug-likeness (QED) is 0.274. The molecule has 30 heavy (non-hydrogen) atoms. The van der Waals surface area contributed by atoms with E-state index in [1.807, 2.05) is 0 Å². The summed E-state index contributed by atoms with van der Waals surface area (Å²) in [5.41, 5.74) is 1.20. The number of rotatable bonds is 5. The summed E-state index contributed by atoms with van der Waals surface area (Å²) in [7, 11) is 0. The molecule has 4 rings (SSSR count). The Balaban J connectivity index is 1.51. The molecule has 0 saturated heterocycles. The molecule has 1 aromatic heterocycles. The molecule has 0 spiro atoms. The smallest absolute Gasteiger partial charge is 0.270 e. The number of fused-ring (bicyclic) bond motifs is 1. The molecule has 8 nitrogen and oxygen atoms in total. The molecular formula is C21H13ClN2O6. The number of ketones is 1. The van der Waals surface area contributed by atoms with Crippen LogP contribution in [0.15, 0.2) is 59.0 Å². The second-order valence-electron chi connectivity index (χ2n) is 6.37. The minimum atomic E-state index is -0.532. The molecule has 0 radical (unpaired) electrons. The van der Waals surface area contributed by atoms with Crippen LogP contribution in [0.5, 0.6) is 5.75 Å². The summed E-state index contributed by atoms with van der Waals surface area (Å²) in [5, 5.41) is 13.7. The first-order valence-electron chi connectivity index (χ1n) is 8.74. The van der Waals surface area contributed by atoms with E-state index in [2.05, 4.69) is 5.32 Å². The molecule has 0 fully saturated rings. The van der Waals surface area contributed by atoms with E-state index < -0.39 is 4.92 Å². The van der Waals surface area contributed by atoms with Crippen molar-refractivity contribution in [3.63, 3.8) is 0 Å². The first-order valence-corrected chi connectivity index (χ1v) is 9.12. The minimum Gasteiger partial charge on any atom is -0.482 e. The van der Waals surface area contributed by atoms with Gasteiger partial charge in [0.1, 0.15) is 17.3 Å². The largest absolute Gasteiger partial charge is 0.482 e. The van der Waals surface area contributed by atoms with Gasteiger partial charge in [-0.2, -0.15) is 0 Å². The predicted octanol–water partition coefficient (Wildman–Crippen LogP) is 4.74. The number of nitro groups is 1. The summed E-state index contributed by atoms with van der Waals surface area (Å²) in [6.45, 7) is -0.0558. The van der Waals surface area contributed by atoms with E-state index in [9.17, 15) is 19.7 Å². The number of nitro benzene ring substituents is 1. The second kappa shape index (κ2) is 7.84. The van der Waals surface area contributed by atoms with Gasteiger partial charge in [0.25, 0.3) is 11.6 Å². The third-order valence-corrected chi connectivity index (χ3v) is 4.66. The SMILES string of the molecule is O=C1COc2ccc(C(=O)/C=C/c3ccc(-c4ccc([N+](=O)[O-])cc4Cl)o3)cc2N1. The number of carbonyl (C=O) groups excluding carboxylic acids is 2. The molecule has 1 aliphatic heterocycles. The average Bonchev–Trinajstić information content (AvgIpc) is 3.20. The van der Waals surface area contributed by atoms with Crippen LogP contribution in [0.1, 0.15) is 16.1 Å². The molecule has 2 heterocycles. The Labute approximate surface area is 174 Å². The third-order valence-electron chi connectivity index (χ3n) is 4.35. The lowest BCUT2D eigenvalue weighted by molar-refractivity contribution is -0.384. The monoisotopic (exact) mass is 424 g/mol. The number of allylic oxidation sites excluding steroid dienone is 1. The molecule has 9 heteroatoms. The number of hydrogen-bond acceptors (Lipinski definition) is 6. The topological polar surface area (TPSA) is 112 Å². The van der Waals surface area contributed by atoms with Gasteiger partial charge >= 0.3 is 0 Å². The van der Waals surface area contributed by atoms with Crippen molar-refractivity contribution in [1.82, 2.24) is 0 Å². The van der Waals surface area contributed by atoms with Gasteiger partial charge in [-0.1, -0.05) is 11.6 Å². The highest BCUT2D eigenvalue weighted by Gasteiger charge is 2.17. The van der Waals surface area contributed by atoms with Gasteiger partial charge in [-0.15, -0.1) is 0 Å². The lowest BCUT2D eigenvalue weighted by atomic mass is 10.1. The fourth-order valence-electron chi connectivity index (χ4n) is 2.90. The number of benzene rings is 2. The van der Waals surface area contributed by atoms with Crippen molar-refractivity contribution in [2.75, 3.05) is 11.9 Å². The van der Waals surface area contributed by atoms with Crippen LogP contribution in [0.3, 0.4) is 0 Å². The molecule has 150 valence electrons. The lowest BCUT2D eigenvalue weighted by Gasteiger charge is -2.17. The highest BCUT2D eigenvalue weighted by molar-refractivity contribution is 6.33. The number of halogens is 1. The zero-order chi connectivity index (χ0) is 21.3. The third kappa shape index (κ3) is 3.94. The maximum atomic E-state index is 12.5. The van der Waals surface area contributed by atoms with Gasteiger partial charge < -0.3 is 14.5 Å². The zero-order valence-corrected chi connectivity index (χ0v) is 16.0.